The Balaban J connectivity index is 1.25. The molecule has 1 N–H and O–H groups in total. The average Bonchev–Trinajstić information content (AvgIpc) is 3.22. The molecule has 1 aromatic rings. The molecule has 9 nitrogen and oxygen atoms in total. The molecule has 1 amide bonds. The summed E-state index contributed by atoms with van der Waals surface area (Å²) in [6.45, 7) is 7.69. The molecule has 10 heteroatoms. The van der Waals surface area contributed by atoms with E-state index in [9.17, 15) is 4.79 Å². The van der Waals surface area contributed by atoms with Gasteiger partial charge in [0, 0.05) is 38.8 Å². The normalized spacial score (nSPS) is 27.1. The zero-order valence-corrected chi connectivity index (χ0v) is 18.3. The molecule has 1 aromatic heterocycles. The Morgan fingerprint density at radius 2 is 1.87 bits per heavy atom. The van der Waals surface area contributed by atoms with Gasteiger partial charge in [0.1, 0.15) is 0 Å². The largest absolute Gasteiger partial charge is 0.417 e. The molecule has 3 aliphatic heterocycles. The van der Waals surface area contributed by atoms with Gasteiger partial charge in [-0.2, -0.15) is 0 Å². The molecule has 1 aliphatic carbocycles. The lowest BCUT2D eigenvalue weighted by atomic mass is 9.85. The van der Waals surface area contributed by atoms with Crippen molar-refractivity contribution in [3.05, 3.63) is 0 Å². The van der Waals surface area contributed by atoms with Gasteiger partial charge in [0.15, 0.2) is 0 Å². The fourth-order valence-electron chi connectivity index (χ4n) is 5.03. The predicted molar refractivity (Wildman–Crippen MR) is 114 cm³/mol. The summed E-state index contributed by atoms with van der Waals surface area (Å²) < 4.78 is 11.1. The molecule has 1 unspecified atom stereocenters. The van der Waals surface area contributed by atoms with Gasteiger partial charge < -0.3 is 24.6 Å². The van der Waals surface area contributed by atoms with Crippen LogP contribution in [0.15, 0.2) is 0 Å². The van der Waals surface area contributed by atoms with Crippen LogP contribution in [0.1, 0.15) is 32.1 Å². The first-order valence-electron chi connectivity index (χ1n) is 11.4. The maximum atomic E-state index is 13.1. The minimum atomic E-state index is -0.267. The van der Waals surface area contributed by atoms with Crippen LogP contribution in [0.2, 0.25) is 0 Å². The number of nitrogens with one attached hydrogen (secondary N) is 1. The molecule has 4 heterocycles. The number of carbonyl (C=O) groups is 1. The molecule has 0 aromatic carbocycles. The molecule has 0 spiro atoms. The first-order valence-corrected chi connectivity index (χ1v) is 12.2. The van der Waals surface area contributed by atoms with Crippen molar-refractivity contribution in [1.29, 1.82) is 0 Å². The summed E-state index contributed by atoms with van der Waals surface area (Å²) in [5, 5.41) is 12.9. The molecule has 0 radical (unpaired) electrons. The molecule has 4 fully saturated rings. The maximum Gasteiger partial charge on any atom is 0.417 e. The van der Waals surface area contributed by atoms with Gasteiger partial charge in [0.25, 0.3) is 0 Å². The zero-order chi connectivity index (χ0) is 20.3. The minimum absolute atomic E-state index is 0.223. The second-order valence-electron chi connectivity index (χ2n) is 8.75. The van der Waals surface area contributed by atoms with Crippen LogP contribution < -0.4 is 15.0 Å². The number of hydrogen-bond acceptors (Lipinski definition) is 9. The smallest absolute Gasteiger partial charge is 0.380 e. The number of nitrogens with zero attached hydrogens (tertiary/aromatic N) is 5. The molecule has 1 saturated carbocycles. The summed E-state index contributed by atoms with van der Waals surface area (Å²) in [7, 11) is 0. The van der Waals surface area contributed by atoms with Gasteiger partial charge in [0.2, 0.25) is 5.13 Å². The van der Waals surface area contributed by atoms with Gasteiger partial charge in [-0.25, -0.2) is 4.79 Å². The van der Waals surface area contributed by atoms with E-state index in [2.05, 4.69) is 25.3 Å². The molecular formula is C20H32N6O3S. The molecule has 5 rings (SSSR count). The number of rotatable bonds is 4. The maximum absolute atomic E-state index is 13.1. The highest BCUT2D eigenvalue weighted by atomic mass is 32.1. The van der Waals surface area contributed by atoms with Crippen molar-refractivity contribution in [2.24, 2.45) is 5.92 Å². The molecule has 0 bridgehead atoms. The first-order chi connectivity index (χ1) is 14.8. The lowest BCUT2D eigenvalue weighted by molar-refractivity contribution is 0.00472. The fourth-order valence-corrected chi connectivity index (χ4v) is 5.78. The number of anilines is 1. The summed E-state index contributed by atoms with van der Waals surface area (Å²) in [4.78, 5) is 19.9. The predicted octanol–water partition coefficient (Wildman–Crippen LogP) is 1.41. The third-order valence-electron chi connectivity index (χ3n) is 7.06. The van der Waals surface area contributed by atoms with Crippen molar-refractivity contribution in [3.8, 4) is 5.19 Å². The highest BCUT2D eigenvalue weighted by molar-refractivity contribution is 7.17. The van der Waals surface area contributed by atoms with Crippen molar-refractivity contribution in [3.63, 3.8) is 0 Å². The molecule has 3 saturated heterocycles. The van der Waals surface area contributed by atoms with E-state index in [1.54, 1.807) is 0 Å². The van der Waals surface area contributed by atoms with E-state index in [-0.39, 0.29) is 12.1 Å². The van der Waals surface area contributed by atoms with Crippen molar-refractivity contribution >= 4 is 22.6 Å². The van der Waals surface area contributed by atoms with E-state index in [1.807, 2.05) is 4.90 Å². The molecule has 166 valence electrons. The van der Waals surface area contributed by atoms with E-state index in [0.29, 0.717) is 30.4 Å². The van der Waals surface area contributed by atoms with Crippen molar-refractivity contribution < 1.29 is 14.3 Å². The first kappa shape index (κ1) is 20.4. The number of ether oxygens (including phenoxy) is 2. The number of hydrogen-bond donors (Lipinski definition) is 1. The van der Waals surface area contributed by atoms with Crippen molar-refractivity contribution in [1.82, 2.24) is 25.3 Å². The van der Waals surface area contributed by atoms with Gasteiger partial charge in [-0.05, 0) is 56.0 Å². The van der Waals surface area contributed by atoms with Crippen LogP contribution >= 0.6 is 11.3 Å². The van der Waals surface area contributed by atoms with Crippen LogP contribution in [0.25, 0.3) is 0 Å². The Kier molecular flexibility index (Phi) is 6.35. The van der Waals surface area contributed by atoms with Gasteiger partial charge >= 0.3 is 11.3 Å². The molecule has 1 atom stereocenters. The topological polar surface area (TPSA) is 83.1 Å². The van der Waals surface area contributed by atoms with E-state index in [4.69, 9.17) is 9.47 Å². The van der Waals surface area contributed by atoms with Gasteiger partial charge in [-0.3, -0.25) is 4.90 Å². The van der Waals surface area contributed by atoms with Crippen LogP contribution in [0.4, 0.5) is 9.93 Å². The molecule has 30 heavy (non-hydrogen) atoms. The van der Waals surface area contributed by atoms with Crippen LogP contribution in [-0.2, 0) is 4.74 Å². The van der Waals surface area contributed by atoms with Crippen LogP contribution in [0.5, 0.6) is 5.19 Å². The highest BCUT2D eigenvalue weighted by Gasteiger charge is 2.40. The molecular weight excluding hydrogens is 404 g/mol. The Morgan fingerprint density at radius 1 is 1.07 bits per heavy atom. The average molecular weight is 437 g/mol. The highest BCUT2D eigenvalue weighted by Crippen LogP contribution is 2.32. The number of morpholine rings is 1. The summed E-state index contributed by atoms with van der Waals surface area (Å²) >= 11 is 1.34. The third kappa shape index (κ3) is 4.42. The van der Waals surface area contributed by atoms with Crippen LogP contribution in [0, 0.1) is 5.92 Å². The Bertz CT molecular complexity index is 717. The number of amides is 1. The standard InChI is InChI=1S/C20H32N6O3S/c27-20(29-19-23-22-18(30-19)24-10-12-28-13-11-24)26-9-8-25(16-2-1-3-16)14-17(26)15-4-6-21-7-5-15/h15-17,21H,1-14H2. The number of carbonyl (C=O) groups excluding carboxylic acids is 1. The minimum Gasteiger partial charge on any atom is -0.380 e. The Labute approximate surface area is 181 Å². The lowest BCUT2D eigenvalue weighted by Gasteiger charge is -2.49. The summed E-state index contributed by atoms with van der Waals surface area (Å²) in [6, 6.07) is 0.937. The third-order valence-corrected chi connectivity index (χ3v) is 7.92. The SMILES string of the molecule is O=C(Oc1nnc(N2CCOCC2)s1)N1CCN(C2CCC2)CC1C1CCNCC1. The number of piperidine rings is 1. The van der Waals surface area contributed by atoms with Crippen molar-refractivity contribution in [2.45, 2.75) is 44.2 Å². The van der Waals surface area contributed by atoms with Crippen LogP contribution in [0.3, 0.4) is 0 Å². The van der Waals surface area contributed by atoms with E-state index >= 15 is 0 Å². The second-order valence-corrected chi connectivity index (χ2v) is 9.66. The van der Waals surface area contributed by atoms with E-state index < -0.39 is 0 Å². The summed E-state index contributed by atoms with van der Waals surface area (Å²) in [5.41, 5.74) is 0. The number of aromatic nitrogens is 2. The van der Waals surface area contributed by atoms with Gasteiger partial charge in [0.05, 0.1) is 19.3 Å². The lowest BCUT2D eigenvalue weighted by Crippen LogP contribution is -2.62. The number of piperazine rings is 1. The van der Waals surface area contributed by atoms with Gasteiger partial charge in [-0.15, -0.1) is 5.10 Å². The van der Waals surface area contributed by atoms with Gasteiger partial charge in [-0.1, -0.05) is 11.5 Å². The van der Waals surface area contributed by atoms with E-state index in [1.165, 1.54) is 30.6 Å². The summed E-state index contributed by atoms with van der Waals surface area (Å²) in [6.07, 6.45) is 5.92. The zero-order valence-electron chi connectivity index (χ0n) is 17.5. The quantitative estimate of drug-likeness (QED) is 0.759. The fraction of sp³-hybridized carbons (Fsp3) is 0.850. The second kappa shape index (κ2) is 9.33. The Hall–Kier alpha value is -1.49. The summed E-state index contributed by atoms with van der Waals surface area (Å²) in [5.74, 6) is 0.528. The monoisotopic (exact) mass is 436 g/mol. The Morgan fingerprint density at radius 3 is 2.60 bits per heavy atom. The van der Waals surface area contributed by atoms with Crippen LogP contribution in [-0.4, -0.2) is 97.2 Å². The van der Waals surface area contributed by atoms with E-state index in [0.717, 1.165) is 63.8 Å². The van der Waals surface area contributed by atoms with Crippen molar-refractivity contribution in [2.75, 3.05) is 63.9 Å². The molecule has 4 aliphatic rings.